The molecule has 0 atom stereocenters. The number of halogens is 1. The van der Waals surface area contributed by atoms with Crippen LogP contribution in [0.15, 0.2) is 18.2 Å². The molecule has 0 aromatic heterocycles. The highest BCUT2D eigenvalue weighted by Gasteiger charge is 2.09. The van der Waals surface area contributed by atoms with Crippen LogP contribution in [0, 0.1) is 17.1 Å². The van der Waals surface area contributed by atoms with Gasteiger partial charge in [0.15, 0.2) is 0 Å². The summed E-state index contributed by atoms with van der Waals surface area (Å²) in [4.78, 5) is 12.2. The van der Waals surface area contributed by atoms with Crippen LogP contribution in [0.25, 0.3) is 0 Å². The Morgan fingerprint density at radius 2 is 2.33 bits per heavy atom. The van der Waals surface area contributed by atoms with Crippen LogP contribution in [0.5, 0.6) is 0 Å². The number of anilines is 1. The fraction of sp³-hybridized carbons (Fsp3) is 0.200. The Morgan fingerprint density at radius 3 is 2.87 bits per heavy atom. The third-order valence-corrected chi connectivity index (χ3v) is 1.88. The number of hydrogen-bond acceptors (Lipinski definition) is 3. The summed E-state index contributed by atoms with van der Waals surface area (Å²) in [6.45, 7) is -0.0136. The van der Waals surface area contributed by atoms with E-state index in [2.05, 4.69) is 0 Å². The summed E-state index contributed by atoms with van der Waals surface area (Å²) in [5.41, 5.74) is 5.68. The van der Waals surface area contributed by atoms with Crippen LogP contribution in [0.4, 0.5) is 10.1 Å². The molecule has 4 nitrogen and oxygen atoms in total. The van der Waals surface area contributed by atoms with Crippen LogP contribution in [-0.4, -0.2) is 19.5 Å². The van der Waals surface area contributed by atoms with E-state index in [9.17, 15) is 9.18 Å². The van der Waals surface area contributed by atoms with E-state index in [1.54, 1.807) is 7.05 Å². The van der Waals surface area contributed by atoms with Crippen molar-refractivity contribution >= 4 is 11.6 Å². The number of nitriles is 1. The van der Waals surface area contributed by atoms with Gasteiger partial charge in [0.25, 0.3) is 0 Å². The molecule has 1 aromatic carbocycles. The summed E-state index contributed by atoms with van der Waals surface area (Å²) < 4.78 is 12.8. The first-order valence-corrected chi connectivity index (χ1v) is 4.23. The molecule has 15 heavy (non-hydrogen) atoms. The van der Waals surface area contributed by atoms with E-state index in [4.69, 9.17) is 11.0 Å². The Morgan fingerprint density at radius 1 is 1.67 bits per heavy atom. The van der Waals surface area contributed by atoms with Crippen molar-refractivity contribution in [3.05, 3.63) is 29.6 Å². The van der Waals surface area contributed by atoms with Gasteiger partial charge in [0.1, 0.15) is 11.9 Å². The van der Waals surface area contributed by atoms with Crippen LogP contribution in [-0.2, 0) is 4.79 Å². The van der Waals surface area contributed by atoms with Gasteiger partial charge in [-0.15, -0.1) is 0 Å². The molecule has 1 rings (SSSR count). The zero-order valence-electron chi connectivity index (χ0n) is 8.20. The van der Waals surface area contributed by atoms with Crippen molar-refractivity contribution in [1.29, 1.82) is 5.26 Å². The lowest BCUT2D eigenvalue weighted by molar-refractivity contribution is -0.116. The number of primary amides is 1. The second-order valence-corrected chi connectivity index (χ2v) is 3.10. The van der Waals surface area contributed by atoms with Gasteiger partial charge in [-0.25, -0.2) is 4.39 Å². The number of likely N-dealkylation sites (N-methyl/N-ethyl adjacent to an activating group) is 1. The Labute approximate surface area is 86.7 Å². The summed E-state index contributed by atoms with van der Waals surface area (Å²) in [6, 6.07) is 5.65. The number of carbonyl (C=O) groups is 1. The van der Waals surface area contributed by atoms with Gasteiger partial charge in [-0.2, -0.15) is 5.26 Å². The lowest BCUT2D eigenvalue weighted by atomic mass is 10.1. The summed E-state index contributed by atoms with van der Waals surface area (Å²) in [5, 5.41) is 8.77. The van der Waals surface area contributed by atoms with E-state index in [1.807, 2.05) is 6.07 Å². The van der Waals surface area contributed by atoms with Gasteiger partial charge in [-0.3, -0.25) is 4.79 Å². The topological polar surface area (TPSA) is 70.1 Å². The number of nitrogens with two attached hydrogens (primary N) is 1. The van der Waals surface area contributed by atoms with Gasteiger partial charge in [-0.1, -0.05) is 0 Å². The minimum absolute atomic E-state index is 0.0136. The molecule has 0 radical (unpaired) electrons. The summed E-state index contributed by atoms with van der Waals surface area (Å²) >= 11 is 0. The van der Waals surface area contributed by atoms with Gasteiger partial charge in [0, 0.05) is 7.05 Å². The fourth-order valence-corrected chi connectivity index (χ4v) is 1.25. The average molecular weight is 207 g/mol. The van der Waals surface area contributed by atoms with Crippen molar-refractivity contribution in [2.24, 2.45) is 5.73 Å². The third kappa shape index (κ3) is 2.68. The van der Waals surface area contributed by atoms with E-state index in [-0.39, 0.29) is 12.1 Å². The monoisotopic (exact) mass is 207 g/mol. The maximum Gasteiger partial charge on any atom is 0.236 e. The maximum atomic E-state index is 12.8. The van der Waals surface area contributed by atoms with Crippen LogP contribution >= 0.6 is 0 Å². The number of amides is 1. The first-order valence-electron chi connectivity index (χ1n) is 4.23. The normalized spacial score (nSPS) is 9.40. The first-order chi connectivity index (χ1) is 7.04. The largest absolute Gasteiger partial charge is 0.368 e. The van der Waals surface area contributed by atoms with Gasteiger partial charge < -0.3 is 10.6 Å². The van der Waals surface area contributed by atoms with Crippen LogP contribution < -0.4 is 10.6 Å². The molecule has 0 spiro atoms. The number of rotatable bonds is 3. The van der Waals surface area contributed by atoms with Gasteiger partial charge in [0.05, 0.1) is 17.8 Å². The summed E-state index contributed by atoms with van der Waals surface area (Å²) in [5.74, 6) is -0.992. The van der Waals surface area contributed by atoms with Gasteiger partial charge in [-0.05, 0) is 18.2 Å². The van der Waals surface area contributed by atoms with E-state index >= 15 is 0 Å². The lowest BCUT2D eigenvalue weighted by Crippen LogP contribution is -2.30. The Bertz CT molecular complexity index is 425. The first kappa shape index (κ1) is 11.0. The molecule has 0 saturated heterocycles. The van der Waals surface area contributed by atoms with Crippen molar-refractivity contribution in [1.82, 2.24) is 0 Å². The number of carbonyl (C=O) groups excluding carboxylic acids is 1. The highest BCUT2D eigenvalue weighted by atomic mass is 19.1. The van der Waals surface area contributed by atoms with Crippen LogP contribution in [0.2, 0.25) is 0 Å². The highest BCUT2D eigenvalue weighted by Crippen LogP contribution is 2.19. The van der Waals surface area contributed by atoms with Crippen LogP contribution in [0.1, 0.15) is 5.56 Å². The van der Waals surface area contributed by atoms with Crippen molar-refractivity contribution < 1.29 is 9.18 Å². The molecule has 0 heterocycles. The van der Waals surface area contributed by atoms with Crippen molar-refractivity contribution in [3.63, 3.8) is 0 Å². The molecule has 5 heteroatoms. The molecule has 1 amide bonds. The molecule has 0 saturated carbocycles. The maximum absolute atomic E-state index is 12.8. The molecule has 0 aliphatic carbocycles. The average Bonchev–Trinajstić information content (AvgIpc) is 2.16. The smallest absolute Gasteiger partial charge is 0.236 e. The molecular formula is C10H10FN3O. The fourth-order valence-electron chi connectivity index (χ4n) is 1.25. The van der Waals surface area contributed by atoms with Crippen molar-refractivity contribution in [2.75, 3.05) is 18.5 Å². The summed E-state index contributed by atoms with van der Waals surface area (Å²) in [6.07, 6.45) is 0. The second-order valence-electron chi connectivity index (χ2n) is 3.10. The minimum Gasteiger partial charge on any atom is -0.368 e. The number of benzene rings is 1. The standard InChI is InChI=1S/C10H10FN3O/c1-14(6-10(13)15)9-3-2-8(11)4-7(9)5-12/h2-4H,6H2,1H3,(H2,13,15). The van der Waals surface area contributed by atoms with E-state index < -0.39 is 11.7 Å². The highest BCUT2D eigenvalue weighted by molar-refractivity contribution is 5.80. The molecular weight excluding hydrogens is 197 g/mol. The lowest BCUT2D eigenvalue weighted by Gasteiger charge is -2.18. The molecule has 1 aromatic rings. The van der Waals surface area contributed by atoms with E-state index in [0.29, 0.717) is 5.69 Å². The molecule has 0 aliphatic heterocycles. The molecule has 0 aliphatic rings. The SMILES string of the molecule is CN(CC(N)=O)c1ccc(F)cc1C#N. The van der Waals surface area contributed by atoms with Gasteiger partial charge >= 0.3 is 0 Å². The van der Waals surface area contributed by atoms with E-state index in [0.717, 1.165) is 6.07 Å². The van der Waals surface area contributed by atoms with Crippen molar-refractivity contribution in [3.8, 4) is 6.07 Å². The predicted molar refractivity (Wildman–Crippen MR) is 53.6 cm³/mol. The number of hydrogen-bond donors (Lipinski definition) is 1. The zero-order valence-corrected chi connectivity index (χ0v) is 8.20. The quantitative estimate of drug-likeness (QED) is 0.789. The minimum atomic E-state index is -0.509. The zero-order chi connectivity index (χ0) is 11.4. The molecule has 78 valence electrons. The second kappa shape index (κ2) is 4.42. The van der Waals surface area contributed by atoms with Crippen molar-refractivity contribution in [2.45, 2.75) is 0 Å². The molecule has 2 N–H and O–H groups in total. The molecule has 0 fully saturated rings. The Hall–Kier alpha value is -2.09. The number of nitrogens with zero attached hydrogens (tertiary/aromatic N) is 2. The molecule has 0 bridgehead atoms. The van der Waals surface area contributed by atoms with Gasteiger partial charge in [0.2, 0.25) is 5.91 Å². The Kier molecular flexibility index (Phi) is 3.24. The molecule has 0 unspecified atom stereocenters. The Balaban J connectivity index is 3.04. The predicted octanol–water partition coefficient (Wildman–Crippen LogP) is 0.619. The van der Waals surface area contributed by atoms with Crippen LogP contribution in [0.3, 0.4) is 0 Å². The third-order valence-electron chi connectivity index (χ3n) is 1.88. The summed E-state index contributed by atoms with van der Waals surface area (Å²) in [7, 11) is 1.61. The van der Waals surface area contributed by atoms with E-state index in [1.165, 1.54) is 17.0 Å².